The first kappa shape index (κ1) is 13.1. The second-order valence-corrected chi connectivity index (χ2v) is 6.08. The molecule has 0 aliphatic heterocycles. The van der Waals surface area contributed by atoms with E-state index in [0.29, 0.717) is 6.54 Å². The second-order valence-electron chi connectivity index (χ2n) is 4.34. The van der Waals surface area contributed by atoms with Crippen LogP contribution in [0.25, 0.3) is 0 Å². The van der Waals surface area contributed by atoms with Gasteiger partial charge in [-0.15, -0.1) is 0 Å². The van der Waals surface area contributed by atoms with E-state index < -0.39 is 17.2 Å². The van der Waals surface area contributed by atoms with Gasteiger partial charge in [0.2, 0.25) is 5.43 Å². The molecule has 0 saturated heterocycles. The molecule has 4 nitrogen and oxygen atoms in total. The van der Waals surface area contributed by atoms with E-state index in [2.05, 4.69) is 17.2 Å². The molecule has 1 fully saturated rings. The Hall–Kier alpha value is -1.30. The summed E-state index contributed by atoms with van der Waals surface area (Å²) in [5.74, 6) is -0.457. The summed E-state index contributed by atoms with van der Waals surface area (Å²) in [6, 6.07) is 0. The fourth-order valence-corrected chi connectivity index (χ4v) is 2.96. The Balaban J connectivity index is 2.00. The zero-order chi connectivity index (χ0) is 13.2. The third kappa shape index (κ3) is 2.75. The number of aromatic nitrogens is 1. The van der Waals surface area contributed by atoms with Crippen molar-refractivity contribution in [3.05, 3.63) is 34.0 Å². The second kappa shape index (κ2) is 5.14. The molecular formula is C12H15FN2O2S. The fraction of sp³-hybridized carbons (Fsp3) is 0.500. The maximum absolute atomic E-state index is 13.0. The molecule has 0 atom stereocenters. The van der Waals surface area contributed by atoms with E-state index >= 15 is 0 Å². The number of thioether (sulfide) groups is 1. The molecule has 0 bridgehead atoms. The molecule has 2 rings (SSSR count). The summed E-state index contributed by atoms with van der Waals surface area (Å²) in [5.41, 5.74) is -1.04. The number of halogens is 1. The molecular weight excluding hydrogens is 255 g/mol. The molecule has 1 aromatic heterocycles. The first-order valence-corrected chi connectivity index (χ1v) is 6.85. The van der Waals surface area contributed by atoms with Crippen LogP contribution in [-0.4, -0.2) is 27.9 Å². The van der Waals surface area contributed by atoms with Gasteiger partial charge in [-0.25, -0.2) is 4.39 Å². The Morgan fingerprint density at radius 2 is 2.28 bits per heavy atom. The van der Waals surface area contributed by atoms with Crippen molar-refractivity contribution < 1.29 is 9.18 Å². The summed E-state index contributed by atoms with van der Waals surface area (Å²) in [6.45, 7) is 2.60. The van der Waals surface area contributed by atoms with E-state index in [0.717, 1.165) is 24.8 Å². The summed E-state index contributed by atoms with van der Waals surface area (Å²) in [4.78, 5) is 25.7. The topological polar surface area (TPSA) is 62.0 Å². The van der Waals surface area contributed by atoms with Crippen LogP contribution >= 0.6 is 11.8 Å². The Morgan fingerprint density at radius 3 is 2.89 bits per heavy atom. The first-order chi connectivity index (χ1) is 8.58. The lowest BCUT2D eigenvalue weighted by molar-refractivity contribution is 0.0951. The van der Waals surface area contributed by atoms with Crippen molar-refractivity contribution >= 4 is 17.7 Å². The summed E-state index contributed by atoms with van der Waals surface area (Å²) in [7, 11) is 0. The van der Waals surface area contributed by atoms with E-state index in [1.165, 1.54) is 6.20 Å². The third-order valence-corrected chi connectivity index (χ3v) is 4.43. The van der Waals surface area contributed by atoms with Gasteiger partial charge in [0.15, 0.2) is 5.82 Å². The van der Waals surface area contributed by atoms with Gasteiger partial charge in [-0.3, -0.25) is 9.59 Å². The van der Waals surface area contributed by atoms with Crippen LogP contribution in [-0.2, 0) is 0 Å². The molecule has 1 amide bonds. The van der Waals surface area contributed by atoms with Crippen molar-refractivity contribution in [2.45, 2.75) is 24.5 Å². The van der Waals surface area contributed by atoms with Gasteiger partial charge < -0.3 is 10.3 Å². The van der Waals surface area contributed by atoms with Crippen molar-refractivity contribution in [3.8, 4) is 0 Å². The number of carbonyl (C=O) groups is 1. The number of hydrogen-bond donors (Lipinski definition) is 2. The van der Waals surface area contributed by atoms with Crippen molar-refractivity contribution in [2.75, 3.05) is 12.3 Å². The zero-order valence-electron chi connectivity index (χ0n) is 10.1. The van der Waals surface area contributed by atoms with Gasteiger partial charge in [0.1, 0.15) is 5.56 Å². The van der Waals surface area contributed by atoms with Crippen LogP contribution in [0.1, 0.15) is 30.1 Å². The number of hydrogen-bond acceptors (Lipinski definition) is 3. The standard InChI is InChI=1S/C12H15FN2O2S/c1-2-18-12(3-4-12)7-15-11(17)8-5-14-6-9(13)10(8)16/h5-6H,2-4,7H2,1H3,(H,14,16)(H,15,17). The Morgan fingerprint density at radius 1 is 1.56 bits per heavy atom. The van der Waals surface area contributed by atoms with Gasteiger partial charge in [-0.2, -0.15) is 11.8 Å². The minimum Gasteiger partial charge on any atom is -0.364 e. The molecule has 2 N–H and O–H groups in total. The predicted octanol–water partition coefficient (Wildman–Crippen LogP) is 1.53. The summed E-state index contributed by atoms with van der Waals surface area (Å²) in [6.07, 6.45) is 4.32. The van der Waals surface area contributed by atoms with Crippen LogP contribution in [0.15, 0.2) is 17.2 Å². The van der Waals surface area contributed by atoms with Crippen LogP contribution in [0.3, 0.4) is 0 Å². The molecule has 6 heteroatoms. The fourth-order valence-electron chi connectivity index (χ4n) is 1.78. The summed E-state index contributed by atoms with van der Waals surface area (Å²) < 4.78 is 13.1. The van der Waals surface area contributed by atoms with Gasteiger partial charge in [0, 0.05) is 23.7 Å². The monoisotopic (exact) mass is 270 g/mol. The average Bonchev–Trinajstić information content (AvgIpc) is 3.11. The van der Waals surface area contributed by atoms with Crippen molar-refractivity contribution in [1.29, 1.82) is 0 Å². The molecule has 0 unspecified atom stereocenters. The van der Waals surface area contributed by atoms with Crippen molar-refractivity contribution in [3.63, 3.8) is 0 Å². The molecule has 0 aromatic carbocycles. The molecule has 0 radical (unpaired) electrons. The van der Waals surface area contributed by atoms with E-state index in [-0.39, 0.29) is 10.3 Å². The lowest BCUT2D eigenvalue weighted by Crippen LogP contribution is -2.35. The maximum Gasteiger partial charge on any atom is 0.256 e. The quantitative estimate of drug-likeness (QED) is 0.853. The van der Waals surface area contributed by atoms with E-state index in [1.54, 1.807) is 0 Å². The molecule has 98 valence electrons. The normalized spacial score (nSPS) is 16.3. The molecule has 1 aromatic rings. The summed E-state index contributed by atoms with van der Waals surface area (Å²) in [5, 5.41) is 2.71. The lowest BCUT2D eigenvalue weighted by atomic mass is 10.2. The van der Waals surface area contributed by atoms with Crippen LogP contribution in [0.4, 0.5) is 4.39 Å². The van der Waals surface area contributed by atoms with Crippen LogP contribution in [0, 0.1) is 5.82 Å². The van der Waals surface area contributed by atoms with Gasteiger partial charge >= 0.3 is 0 Å². The zero-order valence-corrected chi connectivity index (χ0v) is 10.9. The van der Waals surface area contributed by atoms with Gasteiger partial charge in [0.25, 0.3) is 5.91 Å². The van der Waals surface area contributed by atoms with Crippen molar-refractivity contribution in [2.24, 2.45) is 0 Å². The van der Waals surface area contributed by atoms with Crippen LogP contribution in [0.5, 0.6) is 0 Å². The van der Waals surface area contributed by atoms with Gasteiger partial charge in [-0.05, 0) is 18.6 Å². The number of H-pyrrole nitrogens is 1. The average molecular weight is 270 g/mol. The lowest BCUT2D eigenvalue weighted by Gasteiger charge is -2.14. The minimum atomic E-state index is -0.938. The number of aromatic amines is 1. The van der Waals surface area contributed by atoms with Gasteiger partial charge in [0.05, 0.1) is 0 Å². The highest BCUT2D eigenvalue weighted by Crippen LogP contribution is 2.47. The molecule has 1 aliphatic rings. The minimum absolute atomic E-state index is 0.129. The molecule has 0 spiro atoms. The van der Waals surface area contributed by atoms with E-state index in [1.807, 2.05) is 11.8 Å². The smallest absolute Gasteiger partial charge is 0.256 e. The third-order valence-electron chi connectivity index (χ3n) is 2.97. The number of amides is 1. The summed E-state index contributed by atoms with van der Waals surface area (Å²) >= 11 is 1.81. The Kier molecular flexibility index (Phi) is 3.75. The highest BCUT2D eigenvalue weighted by atomic mass is 32.2. The predicted molar refractivity (Wildman–Crippen MR) is 69.5 cm³/mol. The van der Waals surface area contributed by atoms with E-state index in [9.17, 15) is 14.0 Å². The number of nitrogens with one attached hydrogen (secondary N) is 2. The van der Waals surface area contributed by atoms with E-state index in [4.69, 9.17) is 0 Å². The number of pyridine rings is 1. The number of rotatable bonds is 5. The molecule has 1 heterocycles. The first-order valence-electron chi connectivity index (χ1n) is 5.87. The molecule has 1 aliphatic carbocycles. The SMILES string of the molecule is CCSC1(CNC(=O)c2c[nH]cc(F)c2=O)CC1. The molecule has 18 heavy (non-hydrogen) atoms. The van der Waals surface area contributed by atoms with Crippen LogP contribution < -0.4 is 10.7 Å². The molecule has 1 saturated carbocycles. The number of carbonyl (C=O) groups excluding carboxylic acids is 1. The maximum atomic E-state index is 13.0. The van der Waals surface area contributed by atoms with Crippen LogP contribution in [0.2, 0.25) is 0 Å². The van der Waals surface area contributed by atoms with Gasteiger partial charge in [-0.1, -0.05) is 6.92 Å². The Bertz CT molecular complexity index is 511. The largest absolute Gasteiger partial charge is 0.364 e. The highest BCUT2D eigenvalue weighted by Gasteiger charge is 2.42. The highest BCUT2D eigenvalue weighted by molar-refractivity contribution is 8.00. The Labute approximate surface area is 108 Å². The van der Waals surface area contributed by atoms with Crippen molar-refractivity contribution in [1.82, 2.24) is 10.3 Å².